The minimum Gasteiger partial charge on any atom is -0.0565 e. The van der Waals surface area contributed by atoms with Crippen molar-refractivity contribution in [3.63, 3.8) is 0 Å². The number of hydrogen-bond acceptors (Lipinski definition) is 0. The maximum absolute atomic E-state index is 2.29. The molecule has 0 saturated heterocycles. The van der Waals surface area contributed by atoms with Gasteiger partial charge in [-0.25, -0.2) is 0 Å². The Labute approximate surface area is 104 Å². The van der Waals surface area contributed by atoms with Gasteiger partial charge in [0.15, 0.2) is 9.79 Å². The van der Waals surface area contributed by atoms with E-state index in [0.29, 0.717) is 21.8 Å². The molecule has 0 fully saturated rings. The second kappa shape index (κ2) is 4.72. The molecule has 0 radical (unpaired) electrons. The summed E-state index contributed by atoms with van der Waals surface area (Å²) >= 11 is 0. The van der Waals surface area contributed by atoms with E-state index in [1.54, 1.807) is 0 Å². The molecule has 0 spiro atoms. The molecule has 0 amide bonds. The van der Waals surface area contributed by atoms with E-state index in [1.165, 1.54) is 20.6 Å². The Hall–Kier alpha value is -0.600. The number of benzene rings is 2. The van der Waals surface area contributed by atoms with Crippen molar-refractivity contribution in [3.05, 3.63) is 36.4 Å². The normalized spacial score (nSPS) is 11.6. The Morgan fingerprint density at radius 3 is 1.31 bits per heavy atom. The molecule has 16 heavy (non-hydrogen) atoms. The van der Waals surface area contributed by atoms with Gasteiger partial charge < -0.3 is 0 Å². The van der Waals surface area contributed by atoms with Gasteiger partial charge in [0.1, 0.15) is 25.0 Å². The minimum absolute atomic E-state index is 0.328. The lowest BCUT2D eigenvalue weighted by molar-refractivity contribution is 1.46. The predicted molar refractivity (Wildman–Crippen MR) is 78.9 cm³/mol. The average molecular weight is 250 g/mol. The Kier molecular flexibility index (Phi) is 3.50. The zero-order valence-electron chi connectivity index (χ0n) is 10.3. The summed E-state index contributed by atoms with van der Waals surface area (Å²) < 4.78 is 0. The summed E-state index contributed by atoms with van der Waals surface area (Å²) in [7, 11) is 0.656. The third-order valence-corrected chi connectivity index (χ3v) is 5.19. The zero-order chi connectivity index (χ0) is 11.7. The molecule has 2 aromatic rings. The van der Waals surface area contributed by atoms with Crippen molar-refractivity contribution in [1.29, 1.82) is 0 Å². The molecule has 0 nitrogen and oxygen atoms in total. The fourth-order valence-corrected chi connectivity index (χ4v) is 3.90. The molecule has 0 saturated carbocycles. The van der Waals surface area contributed by atoms with E-state index in [-0.39, 0.29) is 0 Å². The maximum Gasteiger partial charge on any atom is 0.162 e. The lowest BCUT2D eigenvalue weighted by Crippen LogP contribution is -2.00. The number of fused-ring (bicyclic) bond motifs is 1. The zero-order valence-corrected chi connectivity index (χ0v) is 11.9. The topological polar surface area (TPSA) is 0 Å². The van der Waals surface area contributed by atoms with Crippen LogP contribution >= 0.6 is 0 Å². The Bertz CT molecular complexity index is 454. The summed E-state index contributed by atoms with van der Waals surface area (Å²) in [6.45, 7) is 0. The summed E-state index contributed by atoms with van der Waals surface area (Å²) in [6, 6.07) is 13.4. The van der Waals surface area contributed by atoms with Crippen molar-refractivity contribution in [2.24, 2.45) is 0 Å². The molecule has 2 aromatic carbocycles. The van der Waals surface area contributed by atoms with Gasteiger partial charge in [-0.15, -0.1) is 0 Å². The van der Waals surface area contributed by atoms with Crippen LogP contribution < -0.4 is 0 Å². The molecule has 0 bridgehead atoms. The van der Waals surface area contributed by atoms with Crippen molar-refractivity contribution < 1.29 is 0 Å². The van der Waals surface area contributed by atoms with Gasteiger partial charge in [-0.3, -0.25) is 0 Å². The van der Waals surface area contributed by atoms with E-state index in [4.69, 9.17) is 0 Å². The summed E-state index contributed by atoms with van der Waals surface area (Å²) in [5, 5.41) is 2.88. The molecule has 0 aromatic heterocycles. The van der Waals surface area contributed by atoms with E-state index in [9.17, 15) is 0 Å². The summed E-state index contributed by atoms with van der Waals surface area (Å²) in [5.41, 5.74) is 0. The fourth-order valence-electron chi connectivity index (χ4n) is 1.96. The van der Waals surface area contributed by atoms with E-state index >= 15 is 0 Å². The first-order chi connectivity index (χ1) is 7.61. The minimum atomic E-state index is 0.328. The molecule has 2 rings (SSSR count). The van der Waals surface area contributed by atoms with Gasteiger partial charge in [0.2, 0.25) is 0 Å². The predicted octanol–water partition coefficient (Wildman–Crippen LogP) is 3.31. The first-order valence-corrected chi connectivity index (χ1v) is 9.36. The molecule has 0 heterocycles. The quantitative estimate of drug-likeness (QED) is 0.717. The highest BCUT2D eigenvalue weighted by Crippen LogP contribution is 2.28. The van der Waals surface area contributed by atoms with E-state index in [2.05, 4.69) is 61.4 Å². The molecule has 0 unspecified atom stereocenters. The standard InChI is InChI=1S/C14H18S2/c1-15(2)13-9-5-8-12-11(13)7-6-10-14(12)16(3)4/h5-10H,1-4H3/q+2. The van der Waals surface area contributed by atoms with Gasteiger partial charge in [-0.2, -0.15) is 0 Å². The number of rotatable bonds is 2. The molecule has 0 N–H and O–H groups in total. The molecule has 0 atom stereocenters. The second-order valence-electron chi connectivity index (χ2n) is 4.24. The van der Waals surface area contributed by atoms with E-state index in [0.717, 1.165) is 0 Å². The van der Waals surface area contributed by atoms with Crippen molar-refractivity contribution in [2.75, 3.05) is 25.0 Å². The van der Waals surface area contributed by atoms with E-state index in [1.807, 2.05) is 0 Å². The van der Waals surface area contributed by atoms with Gasteiger partial charge in [-0.05, 0) is 24.3 Å². The van der Waals surface area contributed by atoms with Crippen LogP contribution in [-0.4, -0.2) is 25.0 Å². The highest BCUT2D eigenvalue weighted by Gasteiger charge is 2.18. The van der Waals surface area contributed by atoms with Gasteiger partial charge in [-0.1, -0.05) is 12.1 Å². The summed E-state index contributed by atoms with van der Waals surface area (Å²) in [4.78, 5) is 2.98. The van der Waals surface area contributed by atoms with Crippen molar-refractivity contribution in [1.82, 2.24) is 0 Å². The molecular formula is C14H18S2+2. The Morgan fingerprint density at radius 2 is 1.00 bits per heavy atom. The Balaban J connectivity index is 2.76. The lowest BCUT2D eigenvalue weighted by atomic mass is 10.1. The van der Waals surface area contributed by atoms with Gasteiger partial charge >= 0.3 is 0 Å². The van der Waals surface area contributed by atoms with Crippen LogP contribution in [-0.2, 0) is 21.8 Å². The Morgan fingerprint density at radius 1 is 0.625 bits per heavy atom. The third-order valence-electron chi connectivity index (χ3n) is 2.72. The van der Waals surface area contributed by atoms with Crippen molar-refractivity contribution in [3.8, 4) is 0 Å². The molecule has 0 aliphatic carbocycles. The van der Waals surface area contributed by atoms with Crippen LogP contribution in [0, 0.1) is 0 Å². The maximum atomic E-state index is 2.29. The van der Waals surface area contributed by atoms with Crippen LogP contribution in [0.1, 0.15) is 0 Å². The van der Waals surface area contributed by atoms with Gasteiger partial charge in [0.05, 0.1) is 0 Å². The first kappa shape index (κ1) is 11.9. The molecule has 0 aliphatic heterocycles. The van der Waals surface area contributed by atoms with Crippen LogP contribution in [0.15, 0.2) is 46.2 Å². The SMILES string of the molecule is C[S+](C)c1cccc2c([S+](C)C)cccc12. The highest BCUT2D eigenvalue weighted by atomic mass is 32.2. The van der Waals surface area contributed by atoms with Gasteiger partial charge in [0, 0.05) is 32.6 Å². The molecule has 2 heteroatoms. The highest BCUT2D eigenvalue weighted by molar-refractivity contribution is 7.96. The van der Waals surface area contributed by atoms with Crippen molar-refractivity contribution in [2.45, 2.75) is 9.79 Å². The van der Waals surface area contributed by atoms with Crippen molar-refractivity contribution >= 4 is 32.6 Å². The first-order valence-electron chi connectivity index (χ1n) is 5.28. The van der Waals surface area contributed by atoms with Crippen LogP contribution in [0.5, 0.6) is 0 Å². The van der Waals surface area contributed by atoms with Crippen LogP contribution in [0.25, 0.3) is 10.8 Å². The fraction of sp³-hybridized carbons (Fsp3) is 0.286. The summed E-state index contributed by atoms with van der Waals surface area (Å²) in [5.74, 6) is 0. The third kappa shape index (κ3) is 2.09. The van der Waals surface area contributed by atoms with Crippen LogP contribution in [0.4, 0.5) is 0 Å². The van der Waals surface area contributed by atoms with Crippen LogP contribution in [0.3, 0.4) is 0 Å². The molecule has 84 valence electrons. The van der Waals surface area contributed by atoms with Crippen LogP contribution in [0.2, 0.25) is 0 Å². The summed E-state index contributed by atoms with van der Waals surface area (Å²) in [6.07, 6.45) is 9.16. The second-order valence-corrected chi connectivity index (χ2v) is 8.39. The average Bonchev–Trinajstić information content (AvgIpc) is 2.27. The largest absolute Gasteiger partial charge is 0.162 e. The van der Waals surface area contributed by atoms with Gasteiger partial charge in [0.25, 0.3) is 0 Å². The smallest absolute Gasteiger partial charge is 0.0565 e. The monoisotopic (exact) mass is 250 g/mol. The van der Waals surface area contributed by atoms with E-state index < -0.39 is 0 Å². The molecular weight excluding hydrogens is 232 g/mol. The lowest BCUT2D eigenvalue weighted by Gasteiger charge is -2.05. The molecule has 0 aliphatic rings. The number of hydrogen-bond donors (Lipinski definition) is 0.